The largest absolute Gasteiger partial charge is 0.368 e. The van der Waals surface area contributed by atoms with Crippen LogP contribution in [0.5, 0.6) is 0 Å². The molecule has 0 aliphatic carbocycles. The van der Waals surface area contributed by atoms with E-state index in [-0.39, 0.29) is 4.90 Å². The maximum absolute atomic E-state index is 12.3. The van der Waals surface area contributed by atoms with Crippen LogP contribution in [-0.2, 0) is 10.0 Å². The van der Waals surface area contributed by atoms with Crippen LogP contribution in [0.1, 0.15) is 25.8 Å². The number of aryl methyl sites for hydroxylation is 1. The summed E-state index contributed by atoms with van der Waals surface area (Å²) in [4.78, 5) is 4.46. The molecule has 0 spiro atoms. The summed E-state index contributed by atoms with van der Waals surface area (Å²) in [5.74, 6) is 0.729. The first kappa shape index (κ1) is 16.3. The molecule has 0 fully saturated rings. The van der Waals surface area contributed by atoms with Crippen molar-refractivity contribution in [3.8, 4) is 0 Å². The van der Waals surface area contributed by atoms with Gasteiger partial charge in [0, 0.05) is 6.04 Å². The number of aromatic nitrogens is 1. The van der Waals surface area contributed by atoms with Gasteiger partial charge in [-0.25, -0.2) is 13.4 Å². The van der Waals surface area contributed by atoms with Crippen LogP contribution >= 0.6 is 0 Å². The maximum Gasteiger partial charge on any atom is 0.261 e. The lowest BCUT2D eigenvalue weighted by Gasteiger charge is -2.13. The van der Waals surface area contributed by atoms with E-state index in [2.05, 4.69) is 28.9 Å². The quantitative estimate of drug-likeness (QED) is 0.856. The van der Waals surface area contributed by atoms with Gasteiger partial charge in [-0.3, -0.25) is 4.72 Å². The van der Waals surface area contributed by atoms with Gasteiger partial charge in [-0.15, -0.1) is 0 Å². The highest BCUT2D eigenvalue weighted by Gasteiger charge is 2.14. The lowest BCUT2D eigenvalue weighted by atomic mass is 10.2. The first-order valence-electron chi connectivity index (χ1n) is 7.23. The van der Waals surface area contributed by atoms with Crippen LogP contribution in [-0.4, -0.2) is 19.4 Å². The molecule has 0 bridgehead atoms. The van der Waals surface area contributed by atoms with Gasteiger partial charge < -0.3 is 5.32 Å². The summed E-state index contributed by atoms with van der Waals surface area (Å²) < 4.78 is 27.1. The molecule has 0 saturated carbocycles. The van der Waals surface area contributed by atoms with Crippen LogP contribution < -0.4 is 10.0 Å². The number of hydrogen-bond acceptors (Lipinski definition) is 4. The topological polar surface area (TPSA) is 71.1 Å². The average Bonchev–Trinajstić information content (AvgIpc) is 2.49. The van der Waals surface area contributed by atoms with Crippen LogP contribution in [0.2, 0.25) is 0 Å². The van der Waals surface area contributed by atoms with Crippen molar-refractivity contribution in [2.75, 3.05) is 10.0 Å². The fourth-order valence-corrected chi connectivity index (χ4v) is 2.87. The lowest BCUT2D eigenvalue weighted by Crippen LogP contribution is -2.15. The Balaban J connectivity index is 2.11. The van der Waals surface area contributed by atoms with E-state index in [0.717, 1.165) is 17.8 Å². The van der Waals surface area contributed by atoms with Gasteiger partial charge in [-0.05, 0) is 44.5 Å². The molecule has 2 rings (SSSR count). The molecule has 0 amide bonds. The summed E-state index contributed by atoms with van der Waals surface area (Å²) in [6, 6.07) is 10.5. The summed E-state index contributed by atoms with van der Waals surface area (Å²) in [5, 5.41) is 3.23. The van der Waals surface area contributed by atoms with E-state index in [9.17, 15) is 8.42 Å². The van der Waals surface area contributed by atoms with Gasteiger partial charge in [-0.1, -0.05) is 24.6 Å². The van der Waals surface area contributed by atoms with Gasteiger partial charge >= 0.3 is 0 Å². The summed E-state index contributed by atoms with van der Waals surface area (Å²) in [5.41, 5.74) is 1.45. The van der Waals surface area contributed by atoms with E-state index in [0.29, 0.717) is 11.7 Å². The van der Waals surface area contributed by atoms with E-state index < -0.39 is 10.0 Å². The smallest absolute Gasteiger partial charge is 0.261 e. The molecule has 1 aromatic carbocycles. The second-order valence-electron chi connectivity index (χ2n) is 5.30. The molecule has 1 heterocycles. The number of pyridine rings is 1. The first-order valence-corrected chi connectivity index (χ1v) is 8.71. The lowest BCUT2D eigenvalue weighted by molar-refractivity contribution is 0.601. The van der Waals surface area contributed by atoms with Crippen molar-refractivity contribution in [3.05, 3.63) is 48.2 Å². The minimum absolute atomic E-state index is 0.236. The normalized spacial score (nSPS) is 12.7. The average molecular weight is 319 g/mol. The van der Waals surface area contributed by atoms with Crippen LogP contribution in [0.4, 0.5) is 11.5 Å². The van der Waals surface area contributed by atoms with Crippen LogP contribution in [0.25, 0.3) is 0 Å². The van der Waals surface area contributed by atoms with Crippen molar-refractivity contribution in [1.29, 1.82) is 0 Å². The van der Waals surface area contributed by atoms with Crippen LogP contribution in [0.3, 0.4) is 0 Å². The number of anilines is 2. The summed E-state index contributed by atoms with van der Waals surface area (Å²) >= 11 is 0. The zero-order valence-corrected chi connectivity index (χ0v) is 13.8. The van der Waals surface area contributed by atoms with Gasteiger partial charge in [0.2, 0.25) is 0 Å². The third kappa shape index (κ3) is 4.21. The molecule has 2 aromatic rings. The van der Waals surface area contributed by atoms with Gasteiger partial charge in [0.25, 0.3) is 10.0 Å². The molecule has 2 N–H and O–H groups in total. The van der Waals surface area contributed by atoms with Gasteiger partial charge in [0.05, 0.1) is 16.8 Å². The van der Waals surface area contributed by atoms with E-state index in [1.165, 1.54) is 6.20 Å². The molecule has 1 atom stereocenters. The third-order valence-electron chi connectivity index (χ3n) is 3.35. The van der Waals surface area contributed by atoms with E-state index in [1.54, 1.807) is 36.4 Å². The summed E-state index contributed by atoms with van der Waals surface area (Å²) in [6.07, 6.45) is 2.50. The minimum Gasteiger partial charge on any atom is -0.368 e. The number of benzene rings is 1. The Hall–Kier alpha value is -2.08. The van der Waals surface area contributed by atoms with Gasteiger partial charge in [0.1, 0.15) is 5.82 Å². The number of rotatable bonds is 6. The minimum atomic E-state index is -3.58. The fraction of sp³-hybridized carbons (Fsp3) is 0.312. The second kappa shape index (κ2) is 6.79. The Morgan fingerprint density at radius 3 is 2.36 bits per heavy atom. The molecule has 1 aromatic heterocycles. The molecular formula is C16H21N3O2S. The SMILES string of the molecule is CCC(C)Nc1ccc(NS(=O)(=O)c2ccc(C)cc2)cn1. The Morgan fingerprint density at radius 2 is 1.82 bits per heavy atom. The van der Waals surface area contributed by atoms with Crippen molar-refractivity contribution in [2.24, 2.45) is 0 Å². The second-order valence-corrected chi connectivity index (χ2v) is 6.99. The highest BCUT2D eigenvalue weighted by atomic mass is 32.2. The Labute approximate surface area is 131 Å². The molecule has 0 aliphatic heterocycles. The molecule has 1 unspecified atom stereocenters. The molecule has 118 valence electrons. The standard InChI is InChI=1S/C16H21N3O2S/c1-4-13(3)18-16-10-7-14(11-17-16)19-22(20,21)15-8-5-12(2)6-9-15/h5-11,13,19H,4H2,1-3H3,(H,17,18). The zero-order valence-electron chi connectivity index (χ0n) is 13.0. The molecule has 22 heavy (non-hydrogen) atoms. The third-order valence-corrected chi connectivity index (χ3v) is 4.75. The molecule has 6 heteroatoms. The Morgan fingerprint density at radius 1 is 1.14 bits per heavy atom. The number of sulfonamides is 1. The van der Waals surface area contributed by atoms with Gasteiger partial charge in [-0.2, -0.15) is 0 Å². The van der Waals surface area contributed by atoms with Crippen molar-refractivity contribution in [2.45, 2.75) is 38.1 Å². The fourth-order valence-electron chi connectivity index (χ4n) is 1.83. The number of nitrogens with zero attached hydrogens (tertiary/aromatic N) is 1. The maximum atomic E-state index is 12.3. The van der Waals surface area contributed by atoms with Crippen molar-refractivity contribution >= 4 is 21.5 Å². The number of nitrogens with one attached hydrogen (secondary N) is 2. The van der Waals surface area contributed by atoms with Crippen molar-refractivity contribution < 1.29 is 8.42 Å². The highest BCUT2D eigenvalue weighted by molar-refractivity contribution is 7.92. The Kier molecular flexibility index (Phi) is 5.03. The monoisotopic (exact) mass is 319 g/mol. The predicted octanol–water partition coefficient (Wildman–Crippen LogP) is 3.40. The summed E-state index contributed by atoms with van der Waals surface area (Å²) in [6.45, 7) is 6.06. The van der Waals surface area contributed by atoms with E-state index in [1.807, 2.05) is 6.92 Å². The van der Waals surface area contributed by atoms with Crippen molar-refractivity contribution in [1.82, 2.24) is 4.98 Å². The van der Waals surface area contributed by atoms with Crippen LogP contribution in [0, 0.1) is 6.92 Å². The molecular weight excluding hydrogens is 298 g/mol. The van der Waals surface area contributed by atoms with Crippen LogP contribution in [0.15, 0.2) is 47.5 Å². The zero-order chi connectivity index (χ0) is 16.2. The first-order chi connectivity index (χ1) is 10.4. The Bertz CT molecular complexity index is 710. The summed E-state index contributed by atoms with van der Waals surface area (Å²) in [7, 11) is -3.58. The number of hydrogen-bond donors (Lipinski definition) is 2. The predicted molar refractivity (Wildman–Crippen MR) is 89.6 cm³/mol. The molecule has 0 saturated heterocycles. The molecule has 0 radical (unpaired) electrons. The molecule has 5 nitrogen and oxygen atoms in total. The molecule has 0 aliphatic rings. The van der Waals surface area contributed by atoms with Gasteiger partial charge in [0.15, 0.2) is 0 Å². The van der Waals surface area contributed by atoms with E-state index >= 15 is 0 Å². The van der Waals surface area contributed by atoms with E-state index in [4.69, 9.17) is 0 Å². The highest BCUT2D eigenvalue weighted by Crippen LogP contribution is 2.17. The van der Waals surface area contributed by atoms with Crippen molar-refractivity contribution in [3.63, 3.8) is 0 Å².